The van der Waals surface area contributed by atoms with Gasteiger partial charge in [0.25, 0.3) is 0 Å². The lowest BCUT2D eigenvalue weighted by Crippen LogP contribution is -2.31. The molecule has 0 aromatic carbocycles. The summed E-state index contributed by atoms with van der Waals surface area (Å²) in [6, 6.07) is -0.299. The first kappa shape index (κ1) is 12.4. The van der Waals surface area contributed by atoms with E-state index in [0.29, 0.717) is 19.6 Å². The van der Waals surface area contributed by atoms with Gasteiger partial charge in [0.05, 0.1) is 30.3 Å². The summed E-state index contributed by atoms with van der Waals surface area (Å²) < 4.78 is 1.74. The van der Waals surface area contributed by atoms with Crippen LogP contribution in [0.25, 0.3) is 0 Å². The Morgan fingerprint density at radius 1 is 1.53 bits per heavy atom. The van der Waals surface area contributed by atoms with E-state index in [-0.39, 0.29) is 23.6 Å². The Morgan fingerprint density at radius 3 is 3.00 bits per heavy atom. The summed E-state index contributed by atoms with van der Waals surface area (Å²) in [6.07, 6.45) is 1.60. The fourth-order valence-electron chi connectivity index (χ4n) is 2.61. The maximum absolute atomic E-state index is 12.2. The van der Waals surface area contributed by atoms with Gasteiger partial charge in [0, 0.05) is 6.54 Å². The highest BCUT2D eigenvalue weighted by molar-refractivity contribution is 7.09. The van der Waals surface area contributed by atoms with Crippen LogP contribution in [0.3, 0.4) is 0 Å². The minimum atomic E-state index is -0.165. The second-order valence-electron chi connectivity index (χ2n) is 4.51. The van der Waals surface area contributed by atoms with Crippen LogP contribution in [0, 0.1) is 0 Å². The molecule has 0 radical (unpaired) electrons. The number of nitrogens with zero attached hydrogens (tertiary/aromatic N) is 3. The molecule has 2 amide bonds. The average Bonchev–Trinajstić information content (AvgIpc) is 2.85. The van der Waals surface area contributed by atoms with E-state index in [1.807, 2.05) is 6.92 Å². The van der Waals surface area contributed by atoms with E-state index in [9.17, 15) is 9.59 Å². The molecule has 1 fully saturated rings. The third-order valence-corrected chi connectivity index (χ3v) is 4.58. The van der Waals surface area contributed by atoms with Crippen LogP contribution in [0.5, 0.6) is 0 Å². The van der Waals surface area contributed by atoms with Crippen LogP contribution < -0.4 is 4.87 Å². The van der Waals surface area contributed by atoms with Crippen molar-refractivity contribution in [3.63, 3.8) is 0 Å². The quantitative estimate of drug-likeness (QED) is 0.783. The molecule has 3 rings (SSSR count). The van der Waals surface area contributed by atoms with E-state index < -0.39 is 0 Å². The number of hydroxylamine groups is 2. The number of aromatic nitrogens is 1. The molecule has 2 bridgehead atoms. The first-order valence-corrected chi connectivity index (χ1v) is 7.03. The number of carbonyl (C=O) groups is 1. The van der Waals surface area contributed by atoms with Crippen LogP contribution >= 0.6 is 11.3 Å². The van der Waals surface area contributed by atoms with Gasteiger partial charge in [0.2, 0.25) is 0 Å². The first-order chi connectivity index (χ1) is 9.17. The van der Waals surface area contributed by atoms with Gasteiger partial charge in [-0.05, 0) is 6.92 Å². The summed E-state index contributed by atoms with van der Waals surface area (Å²) in [7, 11) is 0. The molecule has 1 aromatic rings. The minimum absolute atomic E-state index is 0.0392. The van der Waals surface area contributed by atoms with Gasteiger partial charge in [0.15, 0.2) is 0 Å². The molecule has 0 N–H and O–H groups in total. The standard InChI is InChI=1S/C12H15N3O3S/c1-3-5-18-15-9-7-13(11(15)16)6-8-10(9)19-12(17)14(8)4-2/h3,9H,1,4-7H2,2H3. The topological polar surface area (TPSA) is 54.8 Å². The van der Waals surface area contributed by atoms with Crippen LogP contribution in [-0.4, -0.2) is 33.7 Å². The van der Waals surface area contributed by atoms with Gasteiger partial charge >= 0.3 is 10.9 Å². The Labute approximate surface area is 114 Å². The molecule has 3 heterocycles. The van der Waals surface area contributed by atoms with Crippen LogP contribution in [0.4, 0.5) is 4.79 Å². The Kier molecular flexibility index (Phi) is 2.94. The number of thiazole rings is 1. The number of fused-ring (bicyclic) bond motifs is 4. The molecular weight excluding hydrogens is 266 g/mol. The number of urea groups is 1. The van der Waals surface area contributed by atoms with Gasteiger partial charge in [0.1, 0.15) is 6.04 Å². The Morgan fingerprint density at radius 2 is 2.32 bits per heavy atom. The SMILES string of the molecule is C=CCON1C(=O)N2Cc3c(sc(=O)n3CC)C1C2. The van der Waals surface area contributed by atoms with Gasteiger partial charge in [-0.15, -0.1) is 6.58 Å². The van der Waals surface area contributed by atoms with Crippen LogP contribution in [0.2, 0.25) is 0 Å². The Hall–Kier alpha value is -1.60. The van der Waals surface area contributed by atoms with E-state index in [1.165, 1.54) is 16.4 Å². The molecule has 102 valence electrons. The summed E-state index contributed by atoms with van der Waals surface area (Å²) in [5.41, 5.74) is 0.951. The van der Waals surface area contributed by atoms with Crippen LogP contribution in [-0.2, 0) is 17.9 Å². The highest BCUT2D eigenvalue weighted by atomic mass is 32.1. The highest BCUT2D eigenvalue weighted by Crippen LogP contribution is 2.39. The van der Waals surface area contributed by atoms with E-state index in [2.05, 4.69) is 6.58 Å². The Balaban J connectivity index is 2.01. The smallest absolute Gasteiger partial charge is 0.314 e. The summed E-state index contributed by atoms with van der Waals surface area (Å²) >= 11 is 1.22. The molecule has 1 atom stereocenters. The molecule has 6 nitrogen and oxygen atoms in total. The molecule has 19 heavy (non-hydrogen) atoms. The zero-order chi connectivity index (χ0) is 13.6. The predicted molar refractivity (Wildman–Crippen MR) is 70.8 cm³/mol. The first-order valence-electron chi connectivity index (χ1n) is 6.21. The third kappa shape index (κ3) is 1.73. The van der Waals surface area contributed by atoms with Gasteiger partial charge in [-0.3, -0.25) is 9.63 Å². The largest absolute Gasteiger partial charge is 0.345 e. The van der Waals surface area contributed by atoms with Crippen molar-refractivity contribution in [1.29, 1.82) is 0 Å². The number of hydrogen-bond donors (Lipinski definition) is 0. The molecule has 7 heteroatoms. The van der Waals surface area contributed by atoms with Crippen molar-refractivity contribution >= 4 is 17.4 Å². The molecule has 2 aliphatic heterocycles. The maximum atomic E-state index is 12.2. The molecule has 0 aliphatic carbocycles. The van der Waals surface area contributed by atoms with E-state index in [4.69, 9.17) is 4.84 Å². The van der Waals surface area contributed by atoms with Crippen molar-refractivity contribution in [2.24, 2.45) is 0 Å². The molecule has 1 saturated heterocycles. The number of carbonyl (C=O) groups excluding carboxylic acids is 1. The van der Waals surface area contributed by atoms with Crippen molar-refractivity contribution in [3.8, 4) is 0 Å². The number of amides is 2. The molecule has 1 aromatic heterocycles. The van der Waals surface area contributed by atoms with Crippen molar-refractivity contribution in [3.05, 3.63) is 32.9 Å². The fourth-order valence-corrected chi connectivity index (χ4v) is 3.75. The van der Waals surface area contributed by atoms with Gasteiger partial charge < -0.3 is 9.47 Å². The van der Waals surface area contributed by atoms with E-state index in [0.717, 1.165) is 10.6 Å². The van der Waals surface area contributed by atoms with Crippen LogP contribution in [0.15, 0.2) is 17.4 Å². The van der Waals surface area contributed by atoms with Crippen LogP contribution in [0.1, 0.15) is 23.5 Å². The average molecular weight is 281 g/mol. The summed E-state index contributed by atoms with van der Waals surface area (Å²) in [5, 5.41) is 1.38. The van der Waals surface area contributed by atoms with Gasteiger partial charge in [-0.25, -0.2) is 4.79 Å². The van der Waals surface area contributed by atoms with E-state index >= 15 is 0 Å². The molecule has 0 spiro atoms. The second-order valence-corrected chi connectivity index (χ2v) is 5.51. The Bertz CT molecular complexity index is 592. The fraction of sp³-hybridized carbons (Fsp3) is 0.500. The number of hydrogen-bond acceptors (Lipinski definition) is 4. The van der Waals surface area contributed by atoms with E-state index in [1.54, 1.807) is 15.5 Å². The minimum Gasteiger partial charge on any atom is -0.314 e. The zero-order valence-electron chi connectivity index (χ0n) is 10.7. The monoisotopic (exact) mass is 281 g/mol. The lowest BCUT2D eigenvalue weighted by atomic mass is 10.1. The van der Waals surface area contributed by atoms with Gasteiger partial charge in [-0.1, -0.05) is 17.4 Å². The van der Waals surface area contributed by atoms with Crippen molar-refractivity contribution in [2.75, 3.05) is 13.2 Å². The van der Waals surface area contributed by atoms with Crippen molar-refractivity contribution in [2.45, 2.75) is 26.1 Å². The second kappa shape index (κ2) is 4.50. The van der Waals surface area contributed by atoms with Crippen molar-refractivity contribution in [1.82, 2.24) is 14.5 Å². The molecule has 2 aliphatic rings. The lowest BCUT2D eigenvalue weighted by molar-refractivity contribution is -0.118. The predicted octanol–water partition coefficient (Wildman–Crippen LogP) is 1.34. The van der Waals surface area contributed by atoms with Crippen molar-refractivity contribution < 1.29 is 9.63 Å². The summed E-state index contributed by atoms with van der Waals surface area (Å²) in [5.74, 6) is 0. The summed E-state index contributed by atoms with van der Waals surface area (Å²) in [4.78, 5) is 32.2. The third-order valence-electron chi connectivity index (χ3n) is 3.45. The molecule has 1 unspecified atom stereocenters. The highest BCUT2D eigenvalue weighted by Gasteiger charge is 2.46. The lowest BCUT2D eigenvalue weighted by Gasteiger charge is -2.22. The number of rotatable bonds is 4. The molecular formula is C12H15N3O3S. The van der Waals surface area contributed by atoms with Gasteiger partial charge in [-0.2, -0.15) is 5.06 Å². The normalized spacial score (nSPS) is 20.9. The maximum Gasteiger partial charge on any atom is 0.345 e. The summed E-state index contributed by atoms with van der Waals surface area (Å²) in [6.45, 7) is 7.52. The zero-order valence-corrected chi connectivity index (χ0v) is 11.5. The molecule has 0 saturated carbocycles.